The van der Waals surface area contributed by atoms with Gasteiger partial charge in [-0.1, -0.05) is 13.3 Å². The van der Waals surface area contributed by atoms with Crippen LogP contribution in [0.1, 0.15) is 37.0 Å². The number of nitrogens with zero attached hydrogens (tertiary/aromatic N) is 2. The zero-order valence-electron chi connectivity index (χ0n) is 15.5. The second-order valence-corrected chi connectivity index (χ2v) is 5.90. The summed E-state index contributed by atoms with van der Waals surface area (Å²) in [7, 11) is 1.32. The molecule has 0 unspecified atom stereocenters. The second kappa shape index (κ2) is 8.52. The Bertz CT molecular complexity index is 951. The van der Waals surface area contributed by atoms with Gasteiger partial charge in [-0.05, 0) is 31.5 Å². The SMILES string of the molecule is CCCCn1c(N)c(N(CC)C(=O)c2ccc(OC)c(F)c2)c(=O)[nH]c1=O. The van der Waals surface area contributed by atoms with Gasteiger partial charge in [0.25, 0.3) is 11.5 Å². The van der Waals surface area contributed by atoms with Crippen molar-refractivity contribution in [2.75, 3.05) is 24.3 Å². The van der Waals surface area contributed by atoms with Crippen LogP contribution in [0.3, 0.4) is 0 Å². The minimum Gasteiger partial charge on any atom is -0.494 e. The molecule has 2 rings (SSSR count). The molecule has 0 aliphatic heterocycles. The lowest BCUT2D eigenvalue weighted by Crippen LogP contribution is -2.41. The summed E-state index contributed by atoms with van der Waals surface area (Å²) in [5, 5.41) is 0. The summed E-state index contributed by atoms with van der Waals surface area (Å²) in [5.41, 5.74) is 4.55. The van der Waals surface area contributed by atoms with Crippen LogP contribution < -0.4 is 26.6 Å². The molecule has 1 heterocycles. The number of hydrogen-bond donors (Lipinski definition) is 2. The van der Waals surface area contributed by atoms with Gasteiger partial charge < -0.3 is 15.4 Å². The summed E-state index contributed by atoms with van der Waals surface area (Å²) in [6.45, 7) is 4.02. The number of H-pyrrole nitrogens is 1. The zero-order valence-corrected chi connectivity index (χ0v) is 15.5. The Morgan fingerprint density at radius 1 is 1.33 bits per heavy atom. The molecule has 1 amide bonds. The molecule has 0 bridgehead atoms. The molecule has 0 aliphatic carbocycles. The number of carbonyl (C=O) groups is 1. The fourth-order valence-corrected chi connectivity index (χ4v) is 2.73. The summed E-state index contributed by atoms with van der Waals surface area (Å²) in [5.74, 6) is -1.41. The Morgan fingerprint density at radius 3 is 2.59 bits per heavy atom. The number of rotatable bonds is 7. The first-order valence-electron chi connectivity index (χ1n) is 8.63. The number of ether oxygens (including phenoxy) is 1. The van der Waals surface area contributed by atoms with Gasteiger partial charge in [0, 0.05) is 18.7 Å². The smallest absolute Gasteiger partial charge is 0.330 e. The fraction of sp³-hybridized carbons (Fsp3) is 0.389. The van der Waals surface area contributed by atoms with Crippen molar-refractivity contribution in [3.05, 3.63) is 50.4 Å². The van der Waals surface area contributed by atoms with Crippen LogP contribution in [-0.4, -0.2) is 29.1 Å². The van der Waals surface area contributed by atoms with Crippen molar-refractivity contribution in [3.63, 3.8) is 0 Å². The van der Waals surface area contributed by atoms with Gasteiger partial charge in [-0.15, -0.1) is 0 Å². The second-order valence-electron chi connectivity index (χ2n) is 5.90. The van der Waals surface area contributed by atoms with Crippen LogP contribution in [0.25, 0.3) is 0 Å². The van der Waals surface area contributed by atoms with Gasteiger partial charge >= 0.3 is 5.69 Å². The van der Waals surface area contributed by atoms with Gasteiger partial charge in [-0.25, -0.2) is 9.18 Å². The van der Waals surface area contributed by atoms with Crippen molar-refractivity contribution in [3.8, 4) is 5.75 Å². The summed E-state index contributed by atoms with van der Waals surface area (Å²) in [6.07, 6.45) is 1.50. The Balaban J connectivity index is 2.53. The van der Waals surface area contributed by atoms with E-state index in [9.17, 15) is 18.8 Å². The van der Waals surface area contributed by atoms with E-state index in [1.165, 1.54) is 23.8 Å². The predicted octanol–water partition coefficient (Wildman–Crippen LogP) is 1.73. The highest BCUT2D eigenvalue weighted by atomic mass is 19.1. The number of anilines is 2. The largest absolute Gasteiger partial charge is 0.494 e. The fourth-order valence-electron chi connectivity index (χ4n) is 2.73. The molecule has 0 saturated heterocycles. The van der Waals surface area contributed by atoms with E-state index in [1.807, 2.05) is 6.92 Å². The summed E-state index contributed by atoms with van der Waals surface area (Å²) in [6, 6.07) is 3.75. The van der Waals surface area contributed by atoms with Crippen LogP contribution in [0.2, 0.25) is 0 Å². The lowest BCUT2D eigenvalue weighted by molar-refractivity contribution is 0.0987. The topological polar surface area (TPSA) is 110 Å². The predicted molar refractivity (Wildman–Crippen MR) is 101 cm³/mol. The van der Waals surface area contributed by atoms with Crippen molar-refractivity contribution >= 4 is 17.4 Å². The maximum atomic E-state index is 14.0. The van der Waals surface area contributed by atoms with Gasteiger partial charge in [-0.3, -0.25) is 19.1 Å². The number of carbonyl (C=O) groups excluding carboxylic acids is 1. The lowest BCUT2D eigenvalue weighted by Gasteiger charge is -2.23. The molecule has 0 radical (unpaired) electrons. The number of aromatic amines is 1. The van der Waals surface area contributed by atoms with E-state index in [2.05, 4.69) is 4.98 Å². The molecule has 27 heavy (non-hydrogen) atoms. The number of nitrogen functional groups attached to an aromatic ring is 1. The van der Waals surface area contributed by atoms with Crippen LogP contribution >= 0.6 is 0 Å². The first-order chi connectivity index (χ1) is 12.8. The van der Waals surface area contributed by atoms with Gasteiger partial charge in [0.1, 0.15) is 5.82 Å². The third-order valence-corrected chi connectivity index (χ3v) is 4.18. The van der Waals surface area contributed by atoms with E-state index in [0.29, 0.717) is 13.0 Å². The molecule has 2 aromatic rings. The third kappa shape index (κ3) is 4.02. The molecular formula is C18H23FN4O4. The number of nitrogens with two attached hydrogens (primary N) is 1. The molecule has 3 N–H and O–H groups in total. The van der Waals surface area contributed by atoms with E-state index in [0.717, 1.165) is 17.4 Å². The number of nitrogens with one attached hydrogen (secondary N) is 1. The molecule has 0 saturated carbocycles. The molecular weight excluding hydrogens is 355 g/mol. The van der Waals surface area contributed by atoms with Crippen LogP contribution in [0.4, 0.5) is 15.9 Å². The Morgan fingerprint density at radius 2 is 2.04 bits per heavy atom. The Hall–Kier alpha value is -3.10. The molecule has 0 spiro atoms. The Kier molecular flexibility index (Phi) is 6.38. The van der Waals surface area contributed by atoms with Gasteiger partial charge in [0.2, 0.25) is 0 Å². The molecule has 0 aliphatic rings. The first kappa shape index (κ1) is 20.2. The van der Waals surface area contributed by atoms with E-state index < -0.39 is 23.0 Å². The number of unbranched alkanes of at least 4 members (excludes halogenated alkanes) is 1. The monoisotopic (exact) mass is 378 g/mol. The van der Waals surface area contributed by atoms with E-state index in [4.69, 9.17) is 10.5 Å². The van der Waals surface area contributed by atoms with Crippen LogP contribution in [0, 0.1) is 5.82 Å². The van der Waals surface area contributed by atoms with Crippen molar-refractivity contribution < 1.29 is 13.9 Å². The van der Waals surface area contributed by atoms with Crippen LogP contribution in [-0.2, 0) is 6.54 Å². The molecule has 9 heteroatoms. The first-order valence-corrected chi connectivity index (χ1v) is 8.63. The number of benzene rings is 1. The van der Waals surface area contributed by atoms with E-state index >= 15 is 0 Å². The average molecular weight is 378 g/mol. The zero-order chi connectivity index (χ0) is 20.1. The molecule has 0 atom stereocenters. The van der Waals surface area contributed by atoms with Gasteiger partial charge in [0.15, 0.2) is 17.3 Å². The maximum absolute atomic E-state index is 14.0. The highest BCUT2D eigenvalue weighted by Gasteiger charge is 2.24. The summed E-state index contributed by atoms with van der Waals surface area (Å²) in [4.78, 5) is 40.6. The molecule has 8 nitrogen and oxygen atoms in total. The highest BCUT2D eigenvalue weighted by Crippen LogP contribution is 2.22. The molecule has 1 aromatic heterocycles. The maximum Gasteiger partial charge on any atom is 0.330 e. The number of methoxy groups -OCH3 is 1. The normalized spacial score (nSPS) is 10.7. The van der Waals surface area contributed by atoms with Gasteiger partial charge in [-0.2, -0.15) is 0 Å². The molecule has 0 fully saturated rings. The third-order valence-electron chi connectivity index (χ3n) is 4.18. The molecule has 1 aromatic carbocycles. The van der Waals surface area contributed by atoms with Crippen molar-refractivity contribution in [2.45, 2.75) is 33.2 Å². The quantitative estimate of drug-likeness (QED) is 0.762. The number of halogens is 1. The standard InChI is InChI=1S/C18H23FN4O4/c1-4-6-9-23-15(20)14(16(24)21-18(23)26)22(5-2)17(25)11-7-8-13(27-3)12(19)10-11/h7-8,10H,4-6,9,20H2,1-3H3,(H,21,24,26). The molecule has 146 valence electrons. The van der Waals surface area contributed by atoms with Crippen LogP contribution in [0.5, 0.6) is 5.75 Å². The van der Waals surface area contributed by atoms with E-state index in [-0.39, 0.29) is 29.4 Å². The average Bonchev–Trinajstić information content (AvgIpc) is 2.64. The summed E-state index contributed by atoms with van der Waals surface area (Å²) >= 11 is 0. The highest BCUT2D eigenvalue weighted by molar-refractivity contribution is 6.07. The van der Waals surface area contributed by atoms with Crippen molar-refractivity contribution in [1.82, 2.24) is 9.55 Å². The van der Waals surface area contributed by atoms with Crippen molar-refractivity contribution in [1.29, 1.82) is 0 Å². The number of hydrogen-bond acceptors (Lipinski definition) is 5. The number of aromatic nitrogens is 2. The van der Waals surface area contributed by atoms with Crippen LogP contribution in [0.15, 0.2) is 27.8 Å². The minimum atomic E-state index is -0.769. The Labute approximate surface area is 155 Å². The number of amides is 1. The lowest BCUT2D eigenvalue weighted by atomic mass is 10.1. The summed E-state index contributed by atoms with van der Waals surface area (Å²) < 4.78 is 20.0. The van der Waals surface area contributed by atoms with Gasteiger partial charge in [0.05, 0.1) is 7.11 Å². The van der Waals surface area contributed by atoms with Crippen molar-refractivity contribution in [2.24, 2.45) is 0 Å². The minimum absolute atomic E-state index is 0.0000693. The van der Waals surface area contributed by atoms with E-state index in [1.54, 1.807) is 6.92 Å².